The highest BCUT2D eigenvalue weighted by Gasteiger charge is 2.24. The number of carbonyl (C=O) groups is 2. The van der Waals surface area contributed by atoms with E-state index in [4.69, 9.17) is 5.11 Å². The van der Waals surface area contributed by atoms with Crippen LogP contribution in [0.15, 0.2) is 22.7 Å². The van der Waals surface area contributed by atoms with E-state index in [2.05, 4.69) is 26.6 Å². The van der Waals surface area contributed by atoms with Crippen LogP contribution in [-0.2, 0) is 4.79 Å². The van der Waals surface area contributed by atoms with E-state index in [-0.39, 0.29) is 6.54 Å². The van der Waals surface area contributed by atoms with Crippen LogP contribution in [0.5, 0.6) is 0 Å². The largest absolute Gasteiger partial charge is 0.481 e. The predicted octanol–water partition coefficient (Wildman–Crippen LogP) is 2.10. The lowest BCUT2D eigenvalue weighted by atomic mass is 10.0. The van der Waals surface area contributed by atoms with Gasteiger partial charge in [-0.15, -0.1) is 0 Å². The Bertz CT molecular complexity index is 517. The quantitative estimate of drug-likeness (QED) is 0.657. The van der Waals surface area contributed by atoms with E-state index in [1.165, 1.54) is 6.92 Å². The van der Waals surface area contributed by atoms with Crippen LogP contribution in [0.1, 0.15) is 18.9 Å². The first-order valence-corrected chi connectivity index (χ1v) is 6.74. The van der Waals surface area contributed by atoms with Crippen LogP contribution in [0.4, 0.5) is 10.5 Å². The second kappa shape index (κ2) is 6.71. The maximum absolute atomic E-state index is 11.7. The van der Waals surface area contributed by atoms with E-state index in [1.54, 1.807) is 6.07 Å². The molecular weight excluding hydrogens is 328 g/mol. The number of aliphatic hydroxyl groups is 1. The van der Waals surface area contributed by atoms with Crippen molar-refractivity contribution in [2.75, 3.05) is 11.9 Å². The number of hydrogen-bond donors (Lipinski definition) is 4. The van der Waals surface area contributed by atoms with Gasteiger partial charge in [-0.1, -0.05) is 6.07 Å². The summed E-state index contributed by atoms with van der Waals surface area (Å²) in [6.45, 7) is 3.12. The molecule has 1 aromatic rings. The molecule has 0 aliphatic carbocycles. The molecule has 6 nitrogen and oxygen atoms in total. The number of urea groups is 1. The number of carbonyl (C=O) groups excluding carboxylic acids is 1. The fourth-order valence-corrected chi connectivity index (χ4v) is 2.14. The summed E-state index contributed by atoms with van der Waals surface area (Å²) in [4.78, 5) is 22.2. The van der Waals surface area contributed by atoms with Gasteiger partial charge >= 0.3 is 12.0 Å². The van der Waals surface area contributed by atoms with E-state index in [9.17, 15) is 14.7 Å². The Labute approximate surface area is 125 Å². The average Bonchev–Trinajstić information content (AvgIpc) is 2.29. The van der Waals surface area contributed by atoms with Crippen LogP contribution in [0.3, 0.4) is 0 Å². The highest BCUT2D eigenvalue weighted by atomic mass is 79.9. The molecule has 0 saturated heterocycles. The van der Waals surface area contributed by atoms with Gasteiger partial charge in [0, 0.05) is 11.0 Å². The number of aryl methyl sites for hydroxylation is 1. The summed E-state index contributed by atoms with van der Waals surface area (Å²) in [5, 5.41) is 23.4. The molecule has 0 aliphatic rings. The average molecular weight is 345 g/mol. The summed E-state index contributed by atoms with van der Waals surface area (Å²) < 4.78 is 0.741. The monoisotopic (exact) mass is 344 g/mol. The second-order valence-corrected chi connectivity index (χ2v) is 5.71. The normalized spacial score (nSPS) is 13.4. The molecule has 7 heteroatoms. The lowest BCUT2D eigenvalue weighted by molar-refractivity contribution is -0.141. The van der Waals surface area contributed by atoms with Gasteiger partial charge in [0.15, 0.2) is 0 Å². The summed E-state index contributed by atoms with van der Waals surface area (Å²) in [6.07, 6.45) is -0.443. The Balaban J connectivity index is 2.54. The van der Waals surface area contributed by atoms with E-state index in [0.29, 0.717) is 5.69 Å². The molecule has 1 aromatic carbocycles. The molecule has 0 radical (unpaired) electrons. The van der Waals surface area contributed by atoms with Gasteiger partial charge < -0.3 is 20.8 Å². The zero-order valence-corrected chi connectivity index (χ0v) is 12.8. The Hall–Kier alpha value is -1.60. The molecule has 0 saturated carbocycles. The number of benzene rings is 1. The minimum atomic E-state index is -1.49. The zero-order chi connectivity index (χ0) is 15.3. The molecule has 0 fully saturated rings. The van der Waals surface area contributed by atoms with Gasteiger partial charge in [-0.2, -0.15) is 0 Å². The van der Waals surface area contributed by atoms with Crippen LogP contribution >= 0.6 is 15.9 Å². The lowest BCUT2D eigenvalue weighted by Crippen LogP contribution is -2.43. The molecule has 1 atom stereocenters. The molecule has 0 heterocycles. The third kappa shape index (κ3) is 5.58. The number of carboxylic acids is 1. The third-order valence-electron chi connectivity index (χ3n) is 2.53. The van der Waals surface area contributed by atoms with Crippen molar-refractivity contribution in [1.29, 1.82) is 0 Å². The molecule has 0 aliphatic heterocycles. The van der Waals surface area contributed by atoms with Crippen molar-refractivity contribution in [2.24, 2.45) is 0 Å². The molecule has 110 valence electrons. The topological polar surface area (TPSA) is 98.7 Å². The van der Waals surface area contributed by atoms with Crippen LogP contribution in [0, 0.1) is 6.92 Å². The maximum atomic E-state index is 11.7. The molecule has 4 N–H and O–H groups in total. The SMILES string of the molecule is Cc1ccc(NC(=O)NCC(C)(O)CC(=O)O)c(Br)c1. The molecule has 1 unspecified atom stereocenters. The van der Waals surface area contributed by atoms with Crippen LogP contribution in [-0.4, -0.2) is 34.4 Å². The van der Waals surface area contributed by atoms with Crippen molar-refractivity contribution in [1.82, 2.24) is 5.32 Å². The van der Waals surface area contributed by atoms with Crippen LogP contribution in [0.25, 0.3) is 0 Å². The summed E-state index contributed by atoms with van der Waals surface area (Å²) in [5.74, 6) is -1.13. The van der Waals surface area contributed by atoms with Crippen molar-refractivity contribution < 1.29 is 19.8 Å². The van der Waals surface area contributed by atoms with E-state index in [0.717, 1.165) is 10.0 Å². The molecule has 20 heavy (non-hydrogen) atoms. The van der Waals surface area contributed by atoms with Gasteiger partial charge in [0.2, 0.25) is 0 Å². The van der Waals surface area contributed by atoms with Crippen molar-refractivity contribution >= 4 is 33.6 Å². The highest BCUT2D eigenvalue weighted by Crippen LogP contribution is 2.23. The Morgan fingerprint density at radius 2 is 2.05 bits per heavy atom. The Kier molecular flexibility index (Phi) is 5.52. The van der Waals surface area contributed by atoms with Gasteiger partial charge in [0.1, 0.15) is 0 Å². The minimum absolute atomic E-state index is 0.158. The smallest absolute Gasteiger partial charge is 0.319 e. The molecule has 2 amide bonds. The molecule has 0 spiro atoms. The van der Waals surface area contributed by atoms with Gasteiger partial charge in [0.05, 0.1) is 17.7 Å². The fraction of sp³-hybridized carbons (Fsp3) is 0.385. The summed E-state index contributed by atoms with van der Waals surface area (Å²) in [6, 6.07) is 4.94. The second-order valence-electron chi connectivity index (χ2n) is 4.86. The minimum Gasteiger partial charge on any atom is -0.481 e. The Morgan fingerprint density at radius 1 is 1.40 bits per heavy atom. The van der Waals surface area contributed by atoms with Crippen molar-refractivity contribution in [3.05, 3.63) is 28.2 Å². The lowest BCUT2D eigenvalue weighted by Gasteiger charge is -2.21. The number of halogens is 1. The summed E-state index contributed by atoms with van der Waals surface area (Å²) >= 11 is 3.33. The highest BCUT2D eigenvalue weighted by molar-refractivity contribution is 9.10. The fourth-order valence-electron chi connectivity index (χ4n) is 1.55. The summed E-state index contributed by atoms with van der Waals surface area (Å²) in [7, 11) is 0. The van der Waals surface area contributed by atoms with Crippen LogP contribution < -0.4 is 10.6 Å². The number of amides is 2. The first-order valence-electron chi connectivity index (χ1n) is 5.95. The molecular formula is C13H17BrN2O4. The van der Waals surface area contributed by atoms with Crippen molar-refractivity contribution in [2.45, 2.75) is 25.9 Å². The van der Waals surface area contributed by atoms with E-state index >= 15 is 0 Å². The van der Waals surface area contributed by atoms with Crippen molar-refractivity contribution in [3.63, 3.8) is 0 Å². The number of anilines is 1. The first kappa shape index (κ1) is 16.5. The molecule has 0 aromatic heterocycles. The Morgan fingerprint density at radius 3 is 2.60 bits per heavy atom. The van der Waals surface area contributed by atoms with Crippen molar-refractivity contribution in [3.8, 4) is 0 Å². The first-order chi connectivity index (χ1) is 9.19. The number of carboxylic acid groups (broad SMARTS) is 1. The molecule has 0 bridgehead atoms. The van der Waals surface area contributed by atoms with Gasteiger partial charge in [0.25, 0.3) is 0 Å². The number of aliphatic carboxylic acids is 1. The number of nitrogens with one attached hydrogen (secondary N) is 2. The zero-order valence-electron chi connectivity index (χ0n) is 11.2. The maximum Gasteiger partial charge on any atom is 0.319 e. The van der Waals surface area contributed by atoms with Gasteiger partial charge in [-0.3, -0.25) is 4.79 Å². The summed E-state index contributed by atoms with van der Waals surface area (Å²) in [5.41, 5.74) is 0.145. The van der Waals surface area contributed by atoms with Gasteiger partial charge in [-0.05, 0) is 47.5 Å². The number of hydrogen-bond acceptors (Lipinski definition) is 3. The predicted molar refractivity (Wildman–Crippen MR) is 78.8 cm³/mol. The molecule has 1 rings (SSSR count). The van der Waals surface area contributed by atoms with E-state index < -0.39 is 24.0 Å². The standard InChI is InChI=1S/C13H17BrN2O4/c1-8-3-4-10(9(14)5-8)16-12(19)15-7-13(2,20)6-11(17)18/h3-5,20H,6-7H2,1-2H3,(H,17,18)(H2,15,16,19). The number of rotatable bonds is 5. The van der Waals surface area contributed by atoms with Crippen LogP contribution in [0.2, 0.25) is 0 Å². The third-order valence-corrected chi connectivity index (χ3v) is 3.19. The van der Waals surface area contributed by atoms with E-state index in [1.807, 2.05) is 19.1 Å². The van der Waals surface area contributed by atoms with Gasteiger partial charge in [-0.25, -0.2) is 4.79 Å².